The zero-order valence-corrected chi connectivity index (χ0v) is 17.8. The Labute approximate surface area is 169 Å². The Morgan fingerprint density at radius 1 is 1.14 bits per heavy atom. The number of aromatic nitrogens is 2. The van der Waals surface area contributed by atoms with E-state index in [9.17, 15) is 22.4 Å². The van der Waals surface area contributed by atoms with Gasteiger partial charge in [0.15, 0.2) is 0 Å². The molecule has 0 aliphatic carbocycles. The van der Waals surface area contributed by atoms with Gasteiger partial charge in [0, 0.05) is 45.2 Å². The fourth-order valence-corrected chi connectivity index (χ4v) is 4.70. The number of carbonyl (C=O) groups is 1. The third-order valence-electron chi connectivity index (χ3n) is 5.59. The Kier molecular flexibility index (Phi) is 6.27. The number of halogens is 1. The van der Waals surface area contributed by atoms with Crippen LogP contribution in [0.3, 0.4) is 0 Å². The lowest BCUT2D eigenvalue weighted by atomic mass is 9.96. The van der Waals surface area contributed by atoms with E-state index in [2.05, 4.69) is 9.97 Å². The van der Waals surface area contributed by atoms with Crippen molar-refractivity contribution >= 4 is 21.9 Å². The number of carbonyl (C=O) groups excluding carboxylic acids is 1. The van der Waals surface area contributed by atoms with Crippen LogP contribution in [0.2, 0.25) is 0 Å². The molecule has 1 aromatic heterocycles. The summed E-state index contributed by atoms with van der Waals surface area (Å²) in [6.45, 7) is 6.22. The first-order valence-electron chi connectivity index (χ1n) is 9.86. The van der Waals surface area contributed by atoms with E-state index < -0.39 is 21.4 Å². The second kappa shape index (κ2) is 8.39. The van der Waals surface area contributed by atoms with E-state index in [1.807, 2.05) is 4.90 Å². The molecule has 0 radical (unpaired) electrons. The highest BCUT2D eigenvalue weighted by Gasteiger charge is 2.33. The normalized spacial score (nSPS) is 19.8. The summed E-state index contributed by atoms with van der Waals surface area (Å²) in [7, 11) is -3.22. The predicted molar refractivity (Wildman–Crippen MR) is 107 cm³/mol. The number of aromatic amines is 1. The molecule has 0 saturated carbocycles. The average molecular weight is 430 g/mol. The van der Waals surface area contributed by atoms with E-state index in [1.54, 1.807) is 18.7 Å². The van der Waals surface area contributed by atoms with Crippen molar-refractivity contribution in [2.24, 2.45) is 5.92 Å². The number of sulfonamides is 1. The minimum Gasteiger partial charge on any atom is -0.339 e. The van der Waals surface area contributed by atoms with Crippen molar-refractivity contribution in [1.82, 2.24) is 19.2 Å². The number of amides is 1. The van der Waals surface area contributed by atoms with Gasteiger partial charge in [0.05, 0.1) is 11.9 Å². The average Bonchev–Trinajstić information content (AvgIpc) is 2.68. The van der Waals surface area contributed by atoms with Crippen LogP contribution >= 0.6 is 0 Å². The summed E-state index contributed by atoms with van der Waals surface area (Å²) in [4.78, 5) is 35.1. The third kappa shape index (κ3) is 4.77. The Morgan fingerprint density at radius 3 is 2.24 bits per heavy atom. The van der Waals surface area contributed by atoms with Crippen molar-refractivity contribution in [2.75, 3.05) is 50.4 Å². The Hall–Kier alpha value is -2.01. The fourth-order valence-electron chi connectivity index (χ4n) is 3.83. The van der Waals surface area contributed by atoms with E-state index in [0.29, 0.717) is 58.1 Å². The Morgan fingerprint density at radius 2 is 1.72 bits per heavy atom. The first kappa shape index (κ1) is 21.7. The largest absolute Gasteiger partial charge is 0.339 e. The lowest BCUT2D eigenvalue weighted by molar-refractivity contribution is -0.137. The zero-order valence-electron chi connectivity index (χ0n) is 17.0. The lowest BCUT2D eigenvalue weighted by Crippen LogP contribution is -2.52. The molecule has 2 fully saturated rings. The number of H-pyrrole nitrogens is 1. The number of anilines is 1. The molecule has 2 saturated heterocycles. The van der Waals surface area contributed by atoms with Crippen LogP contribution < -0.4 is 10.5 Å². The van der Waals surface area contributed by atoms with Gasteiger partial charge in [0.2, 0.25) is 27.7 Å². The smallest absolute Gasteiger partial charge is 0.288 e. The van der Waals surface area contributed by atoms with Crippen molar-refractivity contribution < 1.29 is 17.6 Å². The van der Waals surface area contributed by atoms with Crippen molar-refractivity contribution in [3.63, 3.8) is 0 Å². The van der Waals surface area contributed by atoms with E-state index in [-0.39, 0.29) is 23.4 Å². The highest BCUT2D eigenvalue weighted by Crippen LogP contribution is 2.23. The molecule has 0 aromatic carbocycles. The van der Waals surface area contributed by atoms with Crippen LogP contribution in [0.5, 0.6) is 0 Å². The van der Waals surface area contributed by atoms with Crippen molar-refractivity contribution in [3.8, 4) is 0 Å². The summed E-state index contributed by atoms with van der Waals surface area (Å²) in [5, 5.41) is 0. The molecule has 29 heavy (non-hydrogen) atoms. The summed E-state index contributed by atoms with van der Waals surface area (Å²) in [6, 6.07) is 0. The van der Waals surface area contributed by atoms with E-state index in [1.165, 1.54) is 10.6 Å². The van der Waals surface area contributed by atoms with Gasteiger partial charge < -0.3 is 9.80 Å². The number of rotatable bonds is 4. The topological polar surface area (TPSA) is 107 Å². The van der Waals surface area contributed by atoms with Gasteiger partial charge in [0.1, 0.15) is 0 Å². The van der Waals surface area contributed by atoms with E-state index >= 15 is 0 Å². The van der Waals surface area contributed by atoms with Gasteiger partial charge in [0.25, 0.3) is 5.56 Å². The SMILES string of the molecule is CC(C)c1nc(N2CCN(C(=O)C3CCN(S(C)(=O)=O)CC3)CC2)[nH]c(=O)c1F. The van der Waals surface area contributed by atoms with Crippen LogP contribution in [0.4, 0.5) is 10.3 Å². The second-order valence-electron chi connectivity index (χ2n) is 7.99. The summed E-state index contributed by atoms with van der Waals surface area (Å²) in [5.41, 5.74) is -0.644. The first-order chi connectivity index (χ1) is 13.6. The molecular formula is C18H28FN5O4S. The van der Waals surface area contributed by atoms with Crippen LogP contribution in [0.15, 0.2) is 4.79 Å². The van der Waals surface area contributed by atoms with Gasteiger partial charge in [-0.1, -0.05) is 13.8 Å². The second-order valence-corrected chi connectivity index (χ2v) is 9.97. The molecule has 3 heterocycles. The maximum Gasteiger partial charge on any atom is 0.288 e. The highest BCUT2D eigenvalue weighted by molar-refractivity contribution is 7.88. The molecular weight excluding hydrogens is 401 g/mol. The molecule has 9 nitrogen and oxygen atoms in total. The van der Waals surface area contributed by atoms with Crippen molar-refractivity contribution in [1.29, 1.82) is 0 Å². The monoisotopic (exact) mass is 429 g/mol. The minimum absolute atomic E-state index is 0.0428. The van der Waals surface area contributed by atoms with E-state index in [4.69, 9.17) is 0 Å². The van der Waals surface area contributed by atoms with Gasteiger partial charge in [-0.15, -0.1) is 0 Å². The molecule has 11 heteroatoms. The highest BCUT2D eigenvalue weighted by atomic mass is 32.2. The number of piperidine rings is 1. The van der Waals surface area contributed by atoms with Crippen LogP contribution in [0.1, 0.15) is 38.3 Å². The maximum atomic E-state index is 14.0. The summed E-state index contributed by atoms with van der Waals surface area (Å²) < 4.78 is 38.6. The van der Waals surface area contributed by atoms with Crippen LogP contribution in [-0.4, -0.2) is 79.0 Å². The van der Waals surface area contributed by atoms with Crippen molar-refractivity contribution in [3.05, 3.63) is 21.9 Å². The molecule has 0 atom stereocenters. The van der Waals surface area contributed by atoms with Crippen LogP contribution in [0.25, 0.3) is 0 Å². The Balaban J connectivity index is 1.60. The summed E-state index contributed by atoms with van der Waals surface area (Å²) in [5.74, 6) is -0.861. The number of nitrogens with one attached hydrogen (secondary N) is 1. The number of nitrogens with zero attached hydrogens (tertiary/aromatic N) is 4. The summed E-state index contributed by atoms with van der Waals surface area (Å²) in [6.07, 6.45) is 2.24. The number of hydrogen-bond acceptors (Lipinski definition) is 6. The van der Waals surface area contributed by atoms with Gasteiger partial charge in [-0.2, -0.15) is 4.39 Å². The first-order valence-corrected chi connectivity index (χ1v) is 11.7. The van der Waals surface area contributed by atoms with Crippen molar-refractivity contribution in [2.45, 2.75) is 32.6 Å². The molecule has 1 aromatic rings. The van der Waals surface area contributed by atoms with Gasteiger partial charge in [-0.3, -0.25) is 14.6 Å². The molecule has 1 amide bonds. The van der Waals surface area contributed by atoms with Gasteiger partial charge in [-0.25, -0.2) is 17.7 Å². The number of hydrogen-bond donors (Lipinski definition) is 1. The lowest BCUT2D eigenvalue weighted by Gasteiger charge is -2.38. The standard InChI is InChI=1S/C18H28FN5O4S/c1-12(2)15-14(19)16(25)21-18(20-15)23-10-8-22(9-11-23)17(26)13-4-6-24(7-5-13)29(3,27)28/h12-13H,4-11H2,1-3H3,(H,20,21,25). The molecule has 162 valence electrons. The molecule has 2 aliphatic rings. The molecule has 1 N–H and O–H groups in total. The molecule has 2 aliphatic heterocycles. The molecule has 0 spiro atoms. The zero-order chi connectivity index (χ0) is 21.3. The fraction of sp³-hybridized carbons (Fsp3) is 0.722. The van der Waals surface area contributed by atoms with E-state index in [0.717, 1.165) is 0 Å². The molecule has 3 rings (SSSR count). The van der Waals surface area contributed by atoms with Gasteiger partial charge >= 0.3 is 0 Å². The quantitative estimate of drug-likeness (QED) is 0.740. The predicted octanol–water partition coefficient (Wildman–Crippen LogP) is 0.353. The maximum absolute atomic E-state index is 14.0. The van der Waals surface area contributed by atoms with Gasteiger partial charge in [-0.05, 0) is 18.8 Å². The Bertz CT molecular complexity index is 917. The molecule has 0 bridgehead atoms. The third-order valence-corrected chi connectivity index (χ3v) is 6.89. The number of piperazine rings is 1. The van der Waals surface area contributed by atoms with Crippen LogP contribution in [-0.2, 0) is 14.8 Å². The summed E-state index contributed by atoms with van der Waals surface area (Å²) >= 11 is 0. The molecule has 0 unspecified atom stereocenters. The van der Waals surface area contributed by atoms with Crippen LogP contribution in [0, 0.1) is 11.7 Å². The minimum atomic E-state index is -3.22.